The number of nitrogens with zero attached hydrogens (tertiary/aromatic N) is 3. The van der Waals surface area contributed by atoms with Gasteiger partial charge < -0.3 is 17.2 Å². The summed E-state index contributed by atoms with van der Waals surface area (Å²) in [5, 5.41) is 9.36. The summed E-state index contributed by atoms with van der Waals surface area (Å²) in [4.78, 5) is 0. The summed E-state index contributed by atoms with van der Waals surface area (Å²) in [6.07, 6.45) is 0. The van der Waals surface area contributed by atoms with Gasteiger partial charge in [0, 0.05) is 22.3 Å². The van der Waals surface area contributed by atoms with Crippen LogP contribution >= 0.6 is 11.6 Å². The number of hydrogen-bond acceptors (Lipinski definition) is 3. The standard InChI is InChI=1S/C15H12ClN3S/c16-13-8-6-12(7-9-13)14-17-18-15(20)19(14)10-11-4-2-1-3-5-11/h1-9H,10H2,(H,18,20)/p-1. The molecule has 1 heterocycles. The van der Waals surface area contributed by atoms with E-state index in [2.05, 4.69) is 22.3 Å². The summed E-state index contributed by atoms with van der Waals surface area (Å²) >= 11 is 11.2. The first-order valence-electron chi connectivity index (χ1n) is 6.14. The van der Waals surface area contributed by atoms with Crippen LogP contribution in [0.3, 0.4) is 0 Å². The number of aromatic nitrogens is 3. The van der Waals surface area contributed by atoms with Gasteiger partial charge in [0.2, 0.25) is 0 Å². The van der Waals surface area contributed by atoms with Crippen molar-refractivity contribution >= 4 is 24.2 Å². The predicted octanol–water partition coefficient (Wildman–Crippen LogP) is 3.55. The maximum Gasteiger partial charge on any atom is 0.162 e. The highest BCUT2D eigenvalue weighted by atomic mass is 35.5. The molecular formula is C15H11ClN3S-. The molecule has 0 amide bonds. The Labute approximate surface area is 127 Å². The van der Waals surface area contributed by atoms with E-state index in [1.807, 2.05) is 47.0 Å². The largest absolute Gasteiger partial charge is 0.740 e. The zero-order valence-electron chi connectivity index (χ0n) is 10.5. The third kappa shape index (κ3) is 2.66. The number of halogens is 1. The summed E-state index contributed by atoms with van der Waals surface area (Å²) < 4.78 is 1.92. The van der Waals surface area contributed by atoms with Crippen LogP contribution in [0, 0.1) is 0 Å². The second-order valence-electron chi connectivity index (χ2n) is 4.38. The summed E-state index contributed by atoms with van der Waals surface area (Å²) in [6, 6.07) is 17.6. The van der Waals surface area contributed by atoms with Crippen molar-refractivity contribution in [3.8, 4) is 11.4 Å². The molecule has 0 radical (unpaired) electrons. The topological polar surface area (TPSA) is 30.7 Å². The third-order valence-electron chi connectivity index (χ3n) is 3.00. The van der Waals surface area contributed by atoms with Gasteiger partial charge in [0.1, 0.15) is 0 Å². The molecule has 20 heavy (non-hydrogen) atoms. The van der Waals surface area contributed by atoms with Crippen LogP contribution in [0.4, 0.5) is 0 Å². The molecule has 3 rings (SSSR count). The van der Waals surface area contributed by atoms with Gasteiger partial charge in [-0.1, -0.05) is 41.9 Å². The van der Waals surface area contributed by atoms with E-state index in [1.54, 1.807) is 0 Å². The summed E-state index contributed by atoms with van der Waals surface area (Å²) in [5.74, 6) is 0.760. The predicted molar refractivity (Wildman–Crippen MR) is 81.6 cm³/mol. The maximum absolute atomic E-state index is 5.91. The Bertz CT molecular complexity index is 708. The van der Waals surface area contributed by atoms with Gasteiger partial charge >= 0.3 is 0 Å². The Balaban J connectivity index is 1.99. The minimum atomic E-state index is 0.485. The molecule has 100 valence electrons. The lowest BCUT2D eigenvalue weighted by Gasteiger charge is -2.13. The lowest BCUT2D eigenvalue weighted by atomic mass is 10.2. The van der Waals surface area contributed by atoms with Crippen molar-refractivity contribution in [3.05, 3.63) is 65.2 Å². The fraction of sp³-hybridized carbons (Fsp3) is 0.0667. The number of hydrogen-bond donors (Lipinski definition) is 0. The molecule has 0 aliphatic rings. The average Bonchev–Trinajstić information content (AvgIpc) is 2.83. The highest BCUT2D eigenvalue weighted by Crippen LogP contribution is 2.21. The molecule has 0 spiro atoms. The third-order valence-corrected chi connectivity index (χ3v) is 3.56. The lowest BCUT2D eigenvalue weighted by Crippen LogP contribution is -2.03. The minimum absolute atomic E-state index is 0.485. The molecule has 0 aliphatic carbocycles. The molecule has 0 bridgehead atoms. The Morgan fingerprint density at radius 3 is 2.35 bits per heavy atom. The zero-order chi connectivity index (χ0) is 13.9. The molecule has 3 nitrogen and oxygen atoms in total. The van der Waals surface area contributed by atoms with E-state index in [9.17, 15) is 0 Å². The van der Waals surface area contributed by atoms with Gasteiger partial charge in [-0.2, -0.15) is 5.10 Å². The fourth-order valence-corrected chi connectivity index (χ4v) is 2.33. The van der Waals surface area contributed by atoms with E-state index in [0.717, 1.165) is 17.0 Å². The van der Waals surface area contributed by atoms with Crippen LogP contribution in [0.5, 0.6) is 0 Å². The van der Waals surface area contributed by atoms with Crippen molar-refractivity contribution in [1.29, 1.82) is 0 Å². The molecule has 1 aromatic heterocycles. The molecule has 0 unspecified atom stereocenters. The normalized spacial score (nSPS) is 10.7. The van der Waals surface area contributed by atoms with Gasteiger partial charge in [0.05, 0.1) is 0 Å². The van der Waals surface area contributed by atoms with Crippen molar-refractivity contribution in [2.45, 2.75) is 11.7 Å². The smallest absolute Gasteiger partial charge is 0.162 e. The van der Waals surface area contributed by atoms with Gasteiger partial charge in [-0.15, -0.1) is 5.10 Å². The van der Waals surface area contributed by atoms with Crippen molar-refractivity contribution in [1.82, 2.24) is 14.8 Å². The van der Waals surface area contributed by atoms with Crippen molar-refractivity contribution < 1.29 is 0 Å². The van der Waals surface area contributed by atoms with Crippen molar-refractivity contribution in [3.63, 3.8) is 0 Å². The Hall–Kier alpha value is -1.91. The molecule has 5 heteroatoms. The zero-order valence-corrected chi connectivity index (χ0v) is 12.1. The first-order chi connectivity index (χ1) is 9.74. The summed E-state index contributed by atoms with van der Waals surface area (Å²) in [5.41, 5.74) is 2.11. The SMILES string of the molecule is [S-]c1nnc(-c2ccc(Cl)cc2)n1Cc1ccccc1. The van der Waals surface area contributed by atoms with Gasteiger partial charge in [0.15, 0.2) is 5.82 Å². The number of rotatable bonds is 3. The fourth-order valence-electron chi connectivity index (χ4n) is 2.01. The van der Waals surface area contributed by atoms with Crippen LogP contribution in [0.1, 0.15) is 5.56 Å². The van der Waals surface area contributed by atoms with Crippen LogP contribution < -0.4 is 0 Å². The highest BCUT2D eigenvalue weighted by molar-refractivity contribution is 7.58. The maximum atomic E-state index is 5.91. The molecule has 2 aromatic carbocycles. The van der Waals surface area contributed by atoms with E-state index in [-0.39, 0.29) is 0 Å². The minimum Gasteiger partial charge on any atom is -0.740 e. The first-order valence-corrected chi connectivity index (χ1v) is 6.93. The van der Waals surface area contributed by atoms with Crippen molar-refractivity contribution in [2.24, 2.45) is 0 Å². The summed E-state index contributed by atoms with van der Waals surface area (Å²) in [7, 11) is 0. The monoisotopic (exact) mass is 300 g/mol. The molecule has 3 aromatic rings. The van der Waals surface area contributed by atoms with Gasteiger partial charge in [-0.25, -0.2) is 0 Å². The molecule has 0 saturated carbocycles. The van der Waals surface area contributed by atoms with Crippen LogP contribution in [0.15, 0.2) is 59.8 Å². The van der Waals surface area contributed by atoms with E-state index in [4.69, 9.17) is 24.2 Å². The lowest BCUT2D eigenvalue weighted by molar-refractivity contribution is 0.717. The van der Waals surface area contributed by atoms with Crippen LogP contribution in [0.25, 0.3) is 11.4 Å². The van der Waals surface area contributed by atoms with Crippen LogP contribution in [-0.2, 0) is 19.2 Å². The molecule has 0 aliphatic heterocycles. The summed E-state index contributed by atoms with van der Waals surface area (Å²) in [6.45, 7) is 0.657. The molecule has 0 atom stereocenters. The second-order valence-corrected chi connectivity index (χ2v) is 5.19. The average molecular weight is 301 g/mol. The number of benzene rings is 2. The Morgan fingerprint density at radius 2 is 1.65 bits per heavy atom. The Morgan fingerprint density at radius 1 is 0.950 bits per heavy atom. The van der Waals surface area contributed by atoms with E-state index in [1.165, 1.54) is 0 Å². The molecule has 0 fully saturated rings. The first kappa shape index (κ1) is 13.1. The van der Waals surface area contributed by atoms with Crippen molar-refractivity contribution in [2.75, 3.05) is 0 Å². The molecule has 0 saturated heterocycles. The van der Waals surface area contributed by atoms with E-state index < -0.39 is 0 Å². The highest BCUT2D eigenvalue weighted by Gasteiger charge is 2.08. The Kier molecular flexibility index (Phi) is 3.67. The van der Waals surface area contributed by atoms with Crippen LogP contribution in [0.2, 0.25) is 5.02 Å². The van der Waals surface area contributed by atoms with Gasteiger partial charge in [-0.05, 0) is 29.8 Å². The van der Waals surface area contributed by atoms with E-state index >= 15 is 0 Å². The molecule has 0 N–H and O–H groups in total. The van der Waals surface area contributed by atoms with Gasteiger partial charge in [0.25, 0.3) is 0 Å². The van der Waals surface area contributed by atoms with E-state index in [0.29, 0.717) is 16.7 Å². The van der Waals surface area contributed by atoms with Crippen LogP contribution in [-0.4, -0.2) is 14.8 Å². The quantitative estimate of drug-likeness (QED) is 0.693. The van der Waals surface area contributed by atoms with Gasteiger partial charge in [-0.3, -0.25) is 0 Å². The second kappa shape index (κ2) is 5.61. The molecular weight excluding hydrogens is 290 g/mol.